The van der Waals surface area contributed by atoms with Crippen molar-refractivity contribution < 1.29 is 9.13 Å². The molecule has 1 aromatic carbocycles. The van der Waals surface area contributed by atoms with Crippen LogP contribution in [0, 0.1) is 12.7 Å². The zero-order valence-corrected chi connectivity index (χ0v) is 11.8. The van der Waals surface area contributed by atoms with E-state index in [1.165, 1.54) is 6.07 Å². The van der Waals surface area contributed by atoms with Crippen molar-refractivity contribution in [2.45, 2.75) is 52.7 Å². The molecule has 0 aliphatic carbocycles. The highest BCUT2D eigenvalue weighted by molar-refractivity contribution is 5.29. The Morgan fingerprint density at radius 2 is 2.00 bits per heavy atom. The second-order valence-electron chi connectivity index (χ2n) is 5.11. The normalized spacial score (nSPS) is 12.8. The molecule has 0 fully saturated rings. The third-order valence-corrected chi connectivity index (χ3v) is 2.75. The summed E-state index contributed by atoms with van der Waals surface area (Å²) in [5.41, 5.74) is 1.01. The average molecular weight is 253 g/mol. The second kappa shape index (κ2) is 7.37. The van der Waals surface area contributed by atoms with Crippen LogP contribution in [0.25, 0.3) is 0 Å². The summed E-state index contributed by atoms with van der Waals surface area (Å²) in [5, 5.41) is 3.36. The highest BCUT2D eigenvalue weighted by atomic mass is 19.1. The fourth-order valence-electron chi connectivity index (χ4n) is 1.76. The average Bonchev–Trinajstić information content (AvgIpc) is 2.29. The molecule has 0 spiro atoms. The summed E-state index contributed by atoms with van der Waals surface area (Å²) in [6.45, 7) is 9.15. The molecule has 0 aromatic heterocycles. The Morgan fingerprint density at radius 1 is 1.28 bits per heavy atom. The molecule has 1 atom stereocenters. The largest absolute Gasteiger partial charge is 0.488 e. The van der Waals surface area contributed by atoms with Crippen molar-refractivity contribution in [3.05, 3.63) is 29.6 Å². The molecule has 102 valence electrons. The van der Waals surface area contributed by atoms with Crippen molar-refractivity contribution in [3.8, 4) is 5.75 Å². The van der Waals surface area contributed by atoms with Gasteiger partial charge in [0.05, 0.1) is 6.10 Å². The van der Waals surface area contributed by atoms with E-state index in [1.54, 1.807) is 12.1 Å². The van der Waals surface area contributed by atoms with Gasteiger partial charge >= 0.3 is 0 Å². The second-order valence-corrected chi connectivity index (χ2v) is 5.11. The Labute approximate surface area is 110 Å². The Kier molecular flexibility index (Phi) is 6.13. The minimum Gasteiger partial charge on any atom is -0.488 e. The summed E-state index contributed by atoms with van der Waals surface area (Å²) in [5.74, 6) is 0.0760. The topological polar surface area (TPSA) is 21.3 Å². The maximum Gasteiger partial charge on any atom is 0.165 e. The Balaban J connectivity index is 2.35. The highest BCUT2D eigenvalue weighted by Gasteiger charge is 2.08. The molecule has 0 radical (unpaired) electrons. The van der Waals surface area contributed by atoms with E-state index in [0.29, 0.717) is 11.8 Å². The van der Waals surface area contributed by atoms with Crippen LogP contribution in [-0.2, 0) is 0 Å². The smallest absolute Gasteiger partial charge is 0.165 e. The predicted octanol–water partition coefficient (Wildman–Crippen LogP) is 3.68. The molecule has 3 heteroatoms. The minimum atomic E-state index is -0.284. The van der Waals surface area contributed by atoms with Gasteiger partial charge in [-0.1, -0.05) is 19.9 Å². The van der Waals surface area contributed by atoms with E-state index in [9.17, 15) is 4.39 Å². The van der Waals surface area contributed by atoms with E-state index in [1.807, 2.05) is 13.8 Å². The van der Waals surface area contributed by atoms with Crippen LogP contribution >= 0.6 is 0 Å². The maximum absolute atomic E-state index is 13.5. The lowest BCUT2D eigenvalue weighted by Crippen LogP contribution is -2.25. The van der Waals surface area contributed by atoms with E-state index >= 15 is 0 Å². The van der Waals surface area contributed by atoms with E-state index in [0.717, 1.165) is 24.9 Å². The van der Waals surface area contributed by atoms with Gasteiger partial charge in [-0.2, -0.15) is 0 Å². The number of hydrogen-bond acceptors (Lipinski definition) is 2. The molecule has 0 bridgehead atoms. The van der Waals surface area contributed by atoms with E-state index in [-0.39, 0.29) is 11.9 Å². The first-order valence-corrected chi connectivity index (χ1v) is 6.65. The van der Waals surface area contributed by atoms with Crippen LogP contribution in [0.4, 0.5) is 4.39 Å². The summed E-state index contributed by atoms with van der Waals surface area (Å²) in [6.07, 6.45) is 2.00. The number of ether oxygens (including phenoxy) is 1. The van der Waals surface area contributed by atoms with Gasteiger partial charge in [0.1, 0.15) is 0 Å². The van der Waals surface area contributed by atoms with Gasteiger partial charge in [-0.25, -0.2) is 4.39 Å². The first kappa shape index (κ1) is 15.0. The van der Waals surface area contributed by atoms with Crippen LogP contribution in [0.15, 0.2) is 18.2 Å². The van der Waals surface area contributed by atoms with Gasteiger partial charge in [0.25, 0.3) is 0 Å². The van der Waals surface area contributed by atoms with Crippen molar-refractivity contribution in [1.29, 1.82) is 0 Å². The highest BCUT2D eigenvalue weighted by Crippen LogP contribution is 2.20. The van der Waals surface area contributed by atoms with Gasteiger partial charge in [-0.3, -0.25) is 0 Å². The molecule has 1 aromatic rings. The lowest BCUT2D eigenvalue weighted by atomic mass is 10.2. The third-order valence-electron chi connectivity index (χ3n) is 2.75. The van der Waals surface area contributed by atoms with Gasteiger partial charge in [-0.15, -0.1) is 0 Å². The first-order valence-electron chi connectivity index (χ1n) is 6.65. The summed E-state index contributed by atoms with van der Waals surface area (Å²) < 4.78 is 19.1. The lowest BCUT2D eigenvalue weighted by Gasteiger charge is -2.16. The number of aryl methyl sites for hydroxylation is 1. The zero-order chi connectivity index (χ0) is 13.5. The Hall–Kier alpha value is -1.09. The van der Waals surface area contributed by atoms with Crippen LogP contribution in [0.1, 0.15) is 39.2 Å². The van der Waals surface area contributed by atoms with Crippen LogP contribution in [0.2, 0.25) is 0 Å². The Morgan fingerprint density at radius 3 is 2.67 bits per heavy atom. The monoisotopic (exact) mass is 253 g/mol. The molecule has 1 rings (SSSR count). The van der Waals surface area contributed by atoms with Gasteiger partial charge in [0, 0.05) is 6.04 Å². The van der Waals surface area contributed by atoms with Gasteiger partial charge in [0.15, 0.2) is 11.6 Å². The van der Waals surface area contributed by atoms with Crippen molar-refractivity contribution in [3.63, 3.8) is 0 Å². The first-order chi connectivity index (χ1) is 8.49. The number of rotatable bonds is 7. The standard InChI is InChI=1S/C15H24FNO/c1-11(2)17-9-5-6-13(4)18-15-10-12(3)7-8-14(15)16/h7-8,10-11,13,17H,5-6,9H2,1-4H3. The molecule has 0 saturated carbocycles. The number of nitrogens with one attached hydrogen (secondary N) is 1. The van der Waals surface area contributed by atoms with Crippen molar-refractivity contribution in [1.82, 2.24) is 5.32 Å². The molecule has 2 nitrogen and oxygen atoms in total. The predicted molar refractivity (Wildman–Crippen MR) is 73.6 cm³/mol. The third kappa shape index (κ3) is 5.50. The zero-order valence-electron chi connectivity index (χ0n) is 11.8. The van der Waals surface area contributed by atoms with Crippen molar-refractivity contribution in [2.24, 2.45) is 0 Å². The molecular weight excluding hydrogens is 229 g/mol. The van der Waals surface area contributed by atoms with Crippen molar-refractivity contribution >= 4 is 0 Å². The summed E-state index contributed by atoms with van der Waals surface area (Å²) >= 11 is 0. The van der Waals surface area contributed by atoms with E-state index < -0.39 is 0 Å². The van der Waals surface area contributed by atoms with Gasteiger partial charge in [0.2, 0.25) is 0 Å². The van der Waals surface area contributed by atoms with Crippen LogP contribution in [0.3, 0.4) is 0 Å². The van der Waals surface area contributed by atoms with Crippen LogP contribution in [-0.4, -0.2) is 18.7 Å². The molecular formula is C15H24FNO. The molecule has 18 heavy (non-hydrogen) atoms. The quantitative estimate of drug-likeness (QED) is 0.748. The summed E-state index contributed by atoms with van der Waals surface area (Å²) in [4.78, 5) is 0. The SMILES string of the molecule is Cc1ccc(F)c(OC(C)CCCNC(C)C)c1. The summed E-state index contributed by atoms with van der Waals surface area (Å²) in [7, 11) is 0. The summed E-state index contributed by atoms with van der Waals surface area (Å²) in [6, 6.07) is 5.46. The Bertz CT molecular complexity index is 366. The number of hydrogen-bond donors (Lipinski definition) is 1. The van der Waals surface area contributed by atoms with E-state index in [2.05, 4.69) is 19.2 Å². The van der Waals surface area contributed by atoms with Crippen molar-refractivity contribution in [2.75, 3.05) is 6.54 Å². The molecule has 0 aliphatic heterocycles. The van der Waals surface area contributed by atoms with Crippen LogP contribution < -0.4 is 10.1 Å². The fourth-order valence-corrected chi connectivity index (χ4v) is 1.76. The molecule has 0 amide bonds. The maximum atomic E-state index is 13.5. The van der Waals surface area contributed by atoms with E-state index in [4.69, 9.17) is 4.74 Å². The fraction of sp³-hybridized carbons (Fsp3) is 0.600. The molecule has 1 N–H and O–H groups in total. The molecule has 1 unspecified atom stereocenters. The van der Waals surface area contributed by atoms with Gasteiger partial charge in [-0.05, 0) is 50.9 Å². The molecule has 0 saturated heterocycles. The van der Waals surface area contributed by atoms with Gasteiger partial charge < -0.3 is 10.1 Å². The lowest BCUT2D eigenvalue weighted by molar-refractivity contribution is 0.198. The molecule has 0 heterocycles. The number of benzene rings is 1. The van der Waals surface area contributed by atoms with Crippen LogP contribution in [0.5, 0.6) is 5.75 Å². The minimum absolute atomic E-state index is 0.0373. The number of halogens is 1. The molecule has 0 aliphatic rings.